The molecule has 6 heteroatoms. The Balaban J connectivity index is 1.45. The van der Waals surface area contributed by atoms with Crippen LogP contribution in [0, 0.1) is 0 Å². The zero-order valence-electron chi connectivity index (χ0n) is 14.4. The number of carbonyl (C=O) groups is 1. The number of nitrogens with one attached hydrogen (secondary N) is 1. The molecule has 3 heterocycles. The molecule has 0 aromatic carbocycles. The van der Waals surface area contributed by atoms with Crippen molar-refractivity contribution in [2.75, 3.05) is 26.2 Å². The normalized spacial score (nSPS) is 22.5. The molecule has 2 fully saturated rings. The molecule has 0 aliphatic carbocycles. The van der Waals surface area contributed by atoms with Gasteiger partial charge in [-0.3, -0.25) is 4.98 Å². The number of unbranched alkanes of at least 4 members (excludes halogenated alkanes) is 1. The Bertz CT molecular complexity index is 530. The molecule has 1 spiro atoms. The van der Waals surface area contributed by atoms with E-state index in [1.54, 1.807) is 12.4 Å². The predicted octanol–water partition coefficient (Wildman–Crippen LogP) is 2.59. The van der Waals surface area contributed by atoms with Gasteiger partial charge in [-0.2, -0.15) is 0 Å². The lowest BCUT2D eigenvalue weighted by Gasteiger charge is -2.38. The fourth-order valence-corrected chi connectivity index (χ4v) is 3.44. The first-order valence-corrected chi connectivity index (χ1v) is 8.94. The molecule has 2 amide bonds. The van der Waals surface area contributed by atoms with Crippen molar-refractivity contribution in [3.05, 3.63) is 24.5 Å². The molecule has 0 saturated carbocycles. The molecule has 1 N–H and O–H groups in total. The Kier molecular flexibility index (Phi) is 5.56. The Hall–Kier alpha value is -1.82. The van der Waals surface area contributed by atoms with E-state index in [4.69, 9.17) is 9.47 Å². The molecular weight excluding hydrogens is 306 g/mol. The highest BCUT2D eigenvalue weighted by molar-refractivity contribution is 5.74. The lowest BCUT2D eigenvalue weighted by molar-refractivity contribution is -0.0370. The number of piperidine rings is 1. The smallest absolute Gasteiger partial charge is 0.317 e. The van der Waals surface area contributed by atoms with Crippen LogP contribution in [0.5, 0.6) is 5.75 Å². The molecular formula is C18H27N3O3. The van der Waals surface area contributed by atoms with Crippen LogP contribution < -0.4 is 10.1 Å². The molecule has 2 saturated heterocycles. The standard InChI is InChI=1S/C18H27N3O3/c1-2-3-9-20-17(22)21-10-6-18(7-11-21)12-16(14-23-18)24-15-5-4-8-19-13-15/h4-5,8,13,16H,2-3,6-7,9-12,14H2,1H3,(H,20,22). The highest BCUT2D eigenvalue weighted by atomic mass is 16.6. The van der Waals surface area contributed by atoms with Crippen molar-refractivity contribution in [2.24, 2.45) is 0 Å². The lowest BCUT2D eigenvalue weighted by Crippen LogP contribution is -2.50. The summed E-state index contributed by atoms with van der Waals surface area (Å²) in [6, 6.07) is 3.84. The van der Waals surface area contributed by atoms with Crippen LogP contribution in [-0.2, 0) is 4.74 Å². The molecule has 0 bridgehead atoms. The number of nitrogens with zero attached hydrogens (tertiary/aromatic N) is 2. The third-order valence-corrected chi connectivity index (χ3v) is 4.88. The molecule has 1 aromatic heterocycles. The minimum absolute atomic E-state index is 0.0551. The Morgan fingerprint density at radius 1 is 1.50 bits per heavy atom. The summed E-state index contributed by atoms with van der Waals surface area (Å²) in [6.07, 6.45) is 8.29. The summed E-state index contributed by atoms with van der Waals surface area (Å²) in [6.45, 7) is 4.99. The van der Waals surface area contributed by atoms with E-state index in [0.717, 1.165) is 57.5 Å². The van der Waals surface area contributed by atoms with E-state index in [-0.39, 0.29) is 17.7 Å². The van der Waals surface area contributed by atoms with Crippen LogP contribution in [0.3, 0.4) is 0 Å². The number of hydrogen-bond acceptors (Lipinski definition) is 4. The van der Waals surface area contributed by atoms with Crippen LogP contribution in [0.25, 0.3) is 0 Å². The van der Waals surface area contributed by atoms with E-state index >= 15 is 0 Å². The molecule has 1 unspecified atom stereocenters. The van der Waals surface area contributed by atoms with Crippen molar-refractivity contribution >= 4 is 6.03 Å². The molecule has 1 atom stereocenters. The Morgan fingerprint density at radius 3 is 3.04 bits per heavy atom. The lowest BCUT2D eigenvalue weighted by atomic mass is 9.88. The monoisotopic (exact) mass is 333 g/mol. The maximum Gasteiger partial charge on any atom is 0.317 e. The molecule has 24 heavy (non-hydrogen) atoms. The minimum Gasteiger partial charge on any atom is -0.486 e. The average molecular weight is 333 g/mol. The van der Waals surface area contributed by atoms with Gasteiger partial charge in [0.15, 0.2) is 0 Å². The van der Waals surface area contributed by atoms with Gasteiger partial charge < -0.3 is 19.7 Å². The van der Waals surface area contributed by atoms with Gasteiger partial charge in [0.05, 0.1) is 18.4 Å². The number of pyridine rings is 1. The van der Waals surface area contributed by atoms with Gasteiger partial charge in [0.1, 0.15) is 11.9 Å². The van der Waals surface area contributed by atoms with E-state index in [1.807, 2.05) is 17.0 Å². The number of hydrogen-bond donors (Lipinski definition) is 1. The summed E-state index contributed by atoms with van der Waals surface area (Å²) in [5.41, 5.74) is -0.132. The second kappa shape index (κ2) is 7.83. The third-order valence-electron chi connectivity index (χ3n) is 4.88. The quantitative estimate of drug-likeness (QED) is 0.841. The Morgan fingerprint density at radius 2 is 2.33 bits per heavy atom. The molecule has 2 aliphatic rings. The van der Waals surface area contributed by atoms with E-state index in [2.05, 4.69) is 17.2 Å². The number of ether oxygens (including phenoxy) is 2. The molecule has 3 rings (SSSR count). The predicted molar refractivity (Wildman–Crippen MR) is 91.1 cm³/mol. The first-order chi connectivity index (χ1) is 11.7. The maximum atomic E-state index is 12.1. The van der Waals surface area contributed by atoms with Gasteiger partial charge in [0.2, 0.25) is 0 Å². The number of likely N-dealkylation sites (tertiary alicyclic amines) is 1. The average Bonchev–Trinajstić information content (AvgIpc) is 2.99. The molecule has 1 aromatic rings. The van der Waals surface area contributed by atoms with E-state index < -0.39 is 0 Å². The number of urea groups is 1. The summed E-state index contributed by atoms with van der Waals surface area (Å²) in [5.74, 6) is 0.788. The van der Waals surface area contributed by atoms with Crippen molar-refractivity contribution in [3.8, 4) is 5.75 Å². The van der Waals surface area contributed by atoms with Gasteiger partial charge in [0.25, 0.3) is 0 Å². The first kappa shape index (κ1) is 17.0. The van der Waals surface area contributed by atoms with E-state index in [9.17, 15) is 4.79 Å². The van der Waals surface area contributed by atoms with Crippen LogP contribution >= 0.6 is 0 Å². The first-order valence-electron chi connectivity index (χ1n) is 8.94. The van der Waals surface area contributed by atoms with E-state index in [1.165, 1.54) is 0 Å². The van der Waals surface area contributed by atoms with Crippen LogP contribution in [0.15, 0.2) is 24.5 Å². The largest absolute Gasteiger partial charge is 0.486 e. The fourth-order valence-electron chi connectivity index (χ4n) is 3.44. The SMILES string of the molecule is CCCCNC(=O)N1CCC2(CC1)CC(Oc1cccnc1)CO2. The van der Waals surface area contributed by atoms with Crippen LogP contribution in [0.2, 0.25) is 0 Å². The number of carbonyl (C=O) groups excluding carboxylic acids is 1. The number of amides is 2. The summed E-state index contributed by atoms with van der Waals surface area (Å²) in [4.78, 5) is 18.1. The van der Waals surface area contributed by atoms with Gasteiger partial charge in [-0.15, -0.1) is 0 Å². The van der Waals surface area contributed by atoms with Crippen LogP contribution in [0.4, 0.5) is 4.79 Å². The third kappa shape index (κ3) is 4.17. The van der Waals surface area contributed by atoms with Crippen LogP contribution in [-0.4, -0.2) is 53.9 Å². The highest BCUT2D eigenvalue weighted by Gasteiger charge is 2.44. The summed E-state index contributed by atoms with van der Waals surface area (Å²) >= 11 is 0. The summed E-state index contributed by atoms with van der Waals surface area (Å²) in [5, 5.41) is 2.99. The van der Waals surface area contributed by atoms with Gasteiger partial charge in [-0.1, -0.05) is 13.3 Å². The maximum absolute atomic E-state index is 12.1. The Labute approximate surface area is 143 Å². The molecule has 2 aliphatic heterocycles. The van der Waals surface area contributed by atoms with Gasteiger partial charge in [-0.25, -0.2) is 4.79 Å². The van der Waals surface area contributed by atoms with Crippen molar-refractivity contribution in [3.63, 3.8) is 0 Å². The van der Waals surface area contributed by atoms with Crippen LogP contribution in [0.1, 0.15) is 39.0 Å². The summed E-state index contributed by atoms with van der Waals surface area (Å²) < 4.78 is 12.1. The second-order valence-corrected chi connectivity index (χ2v) is 6.70. The zero-order chi connectivity index (χ0) is 16.8. The van der Waals surface area contributed by atoms with Crippen molar-refractivity contribution in [1.82, 2.24) is 15.2 Å². The summed E-state index contributed by atoms with van der Waals surface area (Å²) in [7, 11) is 0. The zero-order valence-corrected chi connectivity index (χ0v) is 14.4. The van der Waals surface area contributed by atoms with Gasteiger partial charge >= 0.3 is 6.03 Å². The highest BCUT2D eigenvalue weighted by Crippen LogP contribution is 2.37. The van der Waals surface area contributed by atoms with Crippen molar-refractivity contribution < 1.29 is 14.3 Å². The number of rotatable bonds is 5. The van der Waals surface area contributed by atoms with Crippen molar-refractivity contribution in [1.29, 1.82) is 0 Å². The molecule has 6 nitrogen and oxygen atoms in total. The number of aromatic nitrogens is 1. The van der Waals surface area contributed by atoms with Gasteiger partial charge in [-0.05, 0) is 31.4 Å². The second-order valence-electron chi connectivity index (χ2n) is 6.70. The minimum atomic E-state index is -0.132. The molecule has 0 radical (unpaired) electrons. The topological polar surface area (TPSA) is 63.7 Å². The fraction of sp³-hybridized carbons (Fsp3) is 0.667. The van der Waals surface area contributed by atoms with Crippen molar-refractivity contribution in [2.45, 2.75) is 50.7 Å². The van der Waals surface area contributed by atoms with E-state index in [0.29, 0.717) is 6.61 Å². The van der Waals surface area contributed by atoms with Gasteiger partial charge in [0, 0.05) is 32.3 Å². The molecule has 132 valence electrons.